The van der Waals surface area contributed by atoms with E-state index in [0.29, 0.717) is 22.2 Å². The third-order valence-electron chi connectivity index (χ3n) is 2.71. The highest BCUT2D eigenvalue weighted by Gasteiger charge is 2.14. The van der Waals surface area contributed by atoms with Crippen LogP contribution in [0.15, 0.2) is 28.9 Å². The van der Waals surface area contributed by atoms with Gasteiger partial charge in [-0.15, -0.1) is 0 Å². The average Bonchev–Trinajstić information content (AvgIpc) is 2.46. The quantitative estimate of drug-likeness (QED) is 0.863. The van der Waals surface area contributed by atoms with Gasteiger partial charge in [-0.25, -0.2) is 9.97 Å². The molecule has 0 spiro atoms. The second-order valence-corrected chi connectivity index (χ2v) is 5.40. The first-order chi connectivity index (χ1) is 9.67. The van der Waals surface area contributed by atoms with E-state index in [1.165, 1.54) is 0 Å². The summed E-state index contributed by atoms with van der Waals surface area (Å²) in [6, 6.07) is 5.47. The molecule has 0 unspecified atom stereocenters. The molecule has 0 radical (unpaired) electrons. The fourth-order valence-electron chi connectivity index (χ4n) is 1.75. The number of ether oxygens (including phenoxy) is 1. The molecule has 0 saturated carbocycles. The minimum atomic E-state index is 0.536. The van der Waals surface area contributed by atoms with Crippen LogP contribution in [0.5, 0.6) is 5.75 Å². The molecule has 1 N–H and O–H groups in total. The molecule has 1 aromatic carbocycles. The number of methoxy groups -OCH3 is 1. The molecular weight excluding hydrogens is 342 g/mol. The zero-order valence-electron chi connectivity index (χ0n) is 11.3. The highest BCUT2D eigenvalue weighted by Crippen LogP contribution is 2.35. The lowest BCUT2D eigenvalue weighted by molar-refractivity contribution is 0.416. The SMILES string of the molecule is CCCNc1nc(-c2c(Cl)cccc2OC)ncc1Br. The van der Waals surface area contributed by atoms with Crippen molar-refractivity contribution in [1.82, 2.24) is 9.97 Å². The van der Waals surface area contributed by atoms with Crippen LogP contribution in [0.2, 0.25) is 5.02 Å². The van der Waals surface area contributed by atoms with Crippen LogP contribution in [0.25, 0.3) is 11.4 Å². The molecule has 0 aliphatic rings. The number of nitrogens with zero attached hydrogens (tertiary/aromatic N) is 2. The Labute approximate surface area is 131 Å². The first-order valence-corrected chi connectivity index (χ1v) is 7.43. The topological polar surface area (TPSA) is 47.0 Å². The Balaban J connectivity index is 2.48. The van der Waals surface area contributed by atoms with Gasteiger partial charge in [0.1, 0.15) is 11.6 Å². The second-order valence-electron chi connectivity index (χ2n) is 4.13. The predicted octanol–water partition coefficient (Wildman–Crippen LogP) is 4.39. The monoisotopic (exact) mass is 355 g/mol. The summed E-state index contributed by atoms with van der Waals surface area (Å²) >= 11 is 9.68. The number of halogens is 2. The summed E-state index contributed by atoms with van der Waals surface area (Å²) in [6.07, 6.45) is 2.73. The normalized spacial score (nSPS) is 10.4. The highest BCUT2D eigenvalue weighted by molar-refractivity contribution is 9.10. The number of aromatic nitrogens is 2. The van der Waals surface area contributed by atoms with Gasteiger partial charge in [0.15, 0.2) is 5.82 Å². The van der Waals surface area contributed by atoms with Gasteiger partial charge in [0.2, 0.25) is 0 Å². The summed E-state index contributed by atoms with van der Waals surface area (Å²) in [6.45, 7) is 2.94. The molecule has 0 saturated heterocycles. The first kappa shape index (κ1) is 15.1. The third kappa shape index (κ3) is 3.22. The van der Waals surface area contributed by atoms with E-state index in [9.17, 15) is 0 Å². The van der Waals surface area contributed by atoms with Crippen LogP contribution >= 0.6 is 27.5 Å². The van der Waals surface area contributed by atoms with Crippen LogP contribution in [0, 0.1) is 0 Å². The molecule has 20 heavy (non-hydrogen) atoms. The van der Waals surface area contributed by atoms with Gasteiger partial charge in [-0.3, -0.25) is 0 Å². The molecule has 0 aliphatic carbocycles. The smallest absolute Gasteiger partial charge is 0.166 e. The number of nitrogens with one attached hydrogen (secondary N) is 1. The Hall–Kier alpha value is -1.33. The van der Waals surface area contributed by atoms with Gasteiger partial charge in [-0.2, -0.15) is 0 Å². The predicted molar refractivity (Wildman–Crippen MR) is 85.5 cm³/mol. The Morgan fingerprint density at radius 1 is 1.40 bits per heavy atom. The maximum Gasteiger partial charge on any atom is 0.166 e. The van der Waals surface area contributed by atoms with Gasteiger partial charge in [0.25, 0.3) is 0 Å². The van der Waals surface area contributed by atoms with Crippen LogP contribution in [-0.2, 0) is 0 Å². The molecule has 0 fully saturated rings. The number of hydrogen-bond donors (Lipinski definition) is 1. The van der Waals surface area contributed by atoms with Crippen LogP contribution in [0.3, 0.4) is 0 Å². The summed E-state index contributed by atoms with van der Waals surface area (Å²) in [5.74, 6) is 1.94. The zero-order chi connectivity index (χ0) is 14.5. The summed E-state index contributed by atoms with van der Waals surface area (Å²) in [4.78, 5) is 8.84. The van der Waals surface area contributed by atoms with Gasteiger partial charge < -0.3 is 10.1 Å². The minimum absolute atomic E-state index is 0.536. The van der Waals surface area contributed by atoms with Gasteiger partial charge in [-0.1, -0.05) is 24.6 Å². The molecule has 4 nitrogen and oxygen atoms in total. The largest absolute Gasteiger partial charge is 0.496 e. The van der Waals surface area contributed by atoms with E-state index < -0.39 is 0 Å². The molecule has 106 valence electrons. The van der Waals surface area contributed by atoms with Crippen molar-refractivity contribution in [3.8, 4) is 17.1 Å². The molecular formula is C14H15BrClN3O. The lowest BCUT2D eigenvalue weighted by Crippen LogP contribution is -2.05. The number of anilines is 1. The van der Waals surface area contributed by atoms with Crippen LogP contribution in [0.4, 0.5) is 5.82 Å². The molecule has 2 aromatic rings. The van der Waals surface area contributed by atoms with Crippen LogP contribution in [-0.4, -0.2) is 23.6 Å². The summed E-state index contributed by atoms with van der Waals surface area (Å²) in [7, 11) is 1.60. The van der Waals surface area contributed by atoms with E-state index in [4.69, 9.17) is 16.3 Å². The second kappa shape index (κ2) is 6.90. The van der Waals surface area contributed by atoms with E-state index in [2.05, 4.69) is 38.1 Å². The Morgan fingerprint density at radius 2 is 2.20 bits per heavy atom. The summed E-state index contributed by atoms with van der Waals surface area (Å²) in [5, 5.41) is 3.81. The van der Waals surface area contributed by atoms with Crippen molar-refractivity contribution in [1.29, 1.82) is 0 Å². The summed E-state index contributed by atoms with van der Waals surface area (Å²) < 4.78 is 6.16. The van der Waals surface area contributed by atoms with Gasteiger partial charge in [0, 0.05) is 12.7 Å². The van der Waals surface area contributed by atoms with E-state index in [1.807, 2.05) is 12.1 Å². The third-order valence-corrected chi connectivity index (χ3v) is 3.60. The van der Waals surface area contributed by atoms with Crippen molar-refractivity contribution in [2.75, 3.05) is 19.0 Å². The standard InChI is InChI=1S/C14H15BrClN3O/c1-3-7-17-13-9(15)8-18-14(19-13)12-10(16)5-4-6-11(12)20-2/h4-6,8H,3,7H2,1-2H3,(H,17,18,19). The van der Waals surface area contributed by atoms with E-state index in [0.717, 1.165) is 23.3 Å². The van der Waals surface area contributed by atoms with Gasteiger partial charge >= 0.3 is 0 Å². The number of hydrogen-bond acceptors (Lipinski definition) is 4. The molecule has 0 aliphatic heterocycles. The van der Waals surface area contributed by atoms with Crippen molar-refractivity contribution in [3.05, 3.63) is 33.9 Å². The lowest BCUT2D eigenvalue weighted by atomic mass is 10.2. The van der Waals surface area contributed by atoms with E-state index >= 15 is 0 Å². The van der Waals surface area contributed by atoms with Gasteiger partial charge in [-0.05, 0) is 34.5 Å². The molecule has 0 atom stereocenters. The van der Waals surface area contributed by atoms with Crippen molar-refractivity contribution >= 4 is 33.3 Å². The molecule has 0 amide bonds. The average molecular weight is 357 g/mol. The van der Waals surface area contributed by atoms with E-state index in [-0.39, 0.29) is 0 Å². The molecule has 0 bridgehead atoms. The minimum Gasteiger partial charge on any atom is -0.496 e. The first-order valence-electron chi connectivity index (χ1n) is 6.26. The van der Waals surface area contributed by atoms with Crippen molar-refractivity contribution in [2.45, 2.75) is 13.3 Å². The molecule has 2 rings (SSSR count). The van der Waals surface area contributed by atoms with Gasteiger partial charge in [0.05, 0.1) is 22.2 Å². The Bertz CT molecular complexity index is 607. The number of rotatable bonds is 5. The van der Waals surface area contributed by atoms with Crippen molar-refractivity contribution in [3.63, 3.8) is 0 Å². The number of benzene rings is 1. The highest BCUT2D eigenvalue weighted by atomic mass is 79.9. The molecule has 1 aromatic heterocycles. The fraction of sp³-hybridized carbons (Fsp3) is 0.286. The van der Waals surface area contributed by atoms with E-state index in [1.54, 1.807) is 19.4 Å². The van der Waals surface area contributed by atoms with Crippen LogP contribution in [0.1, 0.15) is 13.3 Å². The Morgan fingerprint density at radius 3 is 2.90 bits per heavy atom. The van der Waals surface area contributed by atoms with Crippen LogP contribution < -0.4 is 10.1 Å². The zero-order valence-corrected chi connectivity index (χ0v) is 13.6. The Kier molecular flexibility index (Phi) is 5.20. The summed E-state index contributed by atoms with van der Waals surface area (Å²) in [5.41, 5.74) is 0.698. The van der Waals surface area contributed by atoms with Crippen molar-refractivity contribution < 1.29 is 4.74 Å². The lowest BCUT2D eigenvalue weighted by Gasteiger charge is -2.11. The maximum atomic E-state index is 6.25. The molecule has 1 heterocycles. The maximum absolute atomic E-state index is 6.25. The molecule has 6 heteroatoms. The fourth-order valence-corrected chi connectivity index (χ4v) is 2.33. The van der Waals surface area contributed by atoms with Crippen molar-refractivity contribution in [2.24, 2.45) is 0 Å².